The lowest BCUT2D eigenvalue weighted by Gasteiger charge is -2.35. The van der Waals surface area contributed by atoms with Crippen LogP contribution in [0, 0.1) is 0 Å². The third kappa shape index (κ3) is 3.79. The number of alkyl halides is 3. The normalized spacial score (nSPS) is 23.1. The highest BCUT2D eigenvalue weighted by Gasteiger charge is 2.33. The number of hydrogen-bond donors (Lipinski definition) is 1. The molecule has 0 spiro atoms. The van der Waals surface area contributed by atoms with E-state index in [1.54, 1.807) is 0 Å². The summed E-state index contributed by atoms with van der Waals surface area (Å²) in [5.41, 5.74) is -1.21. The summed E-state index contributed by atoms with van der Waals surface area (Å²) in [6.07, 6.45) is -2.88. The van der Waals surface area contributed by atoms with Gasteiger partial charge < -0.3 is 10.1 Å². The molecule has 1 aliphatic rings. The Hall–Kier alpha value is -1.37. The summed E-state index contributed by atoms with van der Waals surface area (Å²) in [6, 6.07) is 2.37. The monoisotopic (exact) mass is 275 g/mol. The molecule has 0 aliphatic carbocycles. The molecule has 0 amide bonds. The molecule has 1 fully saturated rings. The second-order valence-corrected chi connectivity index (χ2v) is 5.24. The number of nitrogens with zero attached hydrogens (tertiary/aromatic N) is 2. The predicted molar refractivity (Wildman–Crippen MR) is 63.7 cm³/mol. The lowest BCUT2D eigenvalue weighted by Crippen LogP contribution is -2.40. The summed E-state index contributed by atoms with van der Waals surface area (Å²) in [6.45, 7) is 4.59. The van der Waals surface area contributed by atoms with Gasteiger partial charge in [0.2, 0.25) is 0 Å². The molecular formula is C12H16F3N3O. The van der Waals surface area contributed by atoms with Crippen LogP contribution in [-0.2, 0) is 10.9 Å². The zero-order valence-electron chi connectivity index (χ0n) is 10.8. The molecule has 0 saturated carbocycles. The first-order valence-corrected chi connectivity index (χ1v) is 6.08. The maximum absolute atomic E-state index is 12.3. The lowest BCUT2D eigenvalue weighted by molar-refractivity contribution is -0.141. The first kappa shape index (κ1) is 14.0. The molecule has 1 N–H and O–H groups in total. The van der Waals surface area contributed by atoms with Crippen LogP contribution in [0.3, 0.4) is 0 Å². The molecule has 19 heavy (non-hydrogen) atoms. The van der Waals surface area contributed by atoms with E-state index >= 15 is 0 Å². The summed E-state index contributed by atoms with van der Waals surface area (Å²) in [5, 5.41) is 9.84. The highest BCUT2D eigenvalue weighted by Crippen LogP contribution is 2.28. The van der Waals surface area contributed by atoms with E-state index in [4.69, 9.17) is 4.74 Å². The van der Waals surface area contributed by atoms with Crippen LogP contribution in [-0.4, -0.2) is 28.4 Å². The van der Waals surface area contributed by atoms with Gasteiger partial charge in [-0.05, 0) is 38.8 Å². The van der Waals surface area contributed by atoms with Gasteiger partial charge in [-0.2, -0.15) is 13.2 Å². The maximum Gasteiger partial charge on any atom is 0.435 e. The van der Waals surface area contributed by atoms with Crippen LogP contribution >= 0.6 is 0 Å². The summed E-state index contributed by atoms with van der Waals surface area (Å²) in [7, 11) is 0. The van der Waals surface area contributed by atoms with Crippen molar-refractivity contribution in [3.05, 3.63) is 17.8 Å². The fraction of sp³-hybridized carbons (Fsp3) is 0.667. The van der Waals surface area contributed by atoms with Crippen molar-refractivity contribution in [3.63, 3.8) is 0 Å². The van der Waals surface area contributed by atoms with E-state index in [0.29, 0.717) is 12.4 Å². The third-order valence-electron chi connectivity index (χ3n) is 3.00. The number of anilines is 1. The first-order chi connectivity index (χ1) is 8.76. The molecule has 0 bridgehead atoms. The molecule has 106 valence electrons. The van der Waals surface area contributed by atoms with Crippen LogP contribution < -0.4 is 5.32 Å². The highest BCUT2D eigenvalue weighted by molar-refractivity contribution is 5.34. The van der Waals surface area contributed by atoms with Crippen molar-refractivity contribution in [3.8, 4) is 0 Å². The van der Waals surface area contributed by atoms with Crippen LogP contribution in [0.2, 0.25) is 0 Å². The molecule has 1 aliphatic heterocycles. The van der Waals surface area contributed by atoms with E-state index in [2.05, 4.69) is 15.5 Å². The first-order valence-electron chi connectivity index (χ1n) is 6.08. The summed E-state index contributed by atoms with van der Waals surface area (Å²) in [5.74, 6) is 0.357. The van der Waals surface area contributed by atoms with Gasteiger partial charge in [-0.15, -0.1) is 10.2 Å². The molecule has 1 saturated heterocycles. The van der Waals surface area contributed by atoms with Crippen molar-refractivity contribution in [2.45, 2.75) is 44.5 Å². The van der Waals surface area contributed by atoms with Crippen molar-refractivity contribution < 1.29 is 17.9 Å². The van der Waals surface area contributed by atoms with E-state index < -0.39 is 11.9 Å². The molecule has 0 aromatic carbocycles. The van der Waals surface area contributed by atoms with E-state index in [9.17, 15) is 13.2 Å². The Morgan fingerprint density at radius 1 is 1.32 bits per heavy atom. The molecule has 4 nitrogen and oxygen atoms in total. The highest BCUT2D eigenvalue weighted by atomic mass is 19.4. The van der Waals surface area contributed by atoms with E-state index in [1.165, 1.54) is 6.07 Å². The van der Waals surface area contributed by atoms with Gasteiger partial charge in [-0.25, -0.2) is 0 Å². The summed E-state index contributed by atoms with van der Waals surface area (Å²) in [4.78, 5) is 0. The van der Waals surface area contributed by atoms with Crippen LogP contribution in [0.4, 0.5) is 19.0 Å². The minimum atomic E-state index is -4.45. The average Bonchev–Trinajstić information content (AvgIpc) is 2.27. The molecular weight excluding hydrogens is 259 g/mol. The Morgan fingerprint density at radius 2 is 2.05 bits per heavy atom. The molecule has 1 aromatic heterocycles. The summed E-state index contributed by atoms with van der Waals surface area (Å²) >= 11 is 0. The van der Waals surface area contributed by atoms with Crippen molar-refractivity contribution in [2.75, 3.05) is 11.9 Å². The zero-order valence-corrected chi connectivity index (χ0v) is 10.8. The van der Waals surface area contributed by atoms with Gasteiger partial charge in [-0.3, -0.25) is 0 Å². The minimum absolute atomic E-state index is 0.134. The smallest absolute Gasteiger partial charge is 0.375 e. The molecule has 1 aromatic rings. The Kier molecular flexibility index (Phi) is 3.66. The number of hydrogen-bond acceptors (Lipinski definition) is 4. The maximum atomic E-state index is 12.3. The molecule has 2 heterocycles. The summed E-state index contributed by atoms with van der Waals surface area (Å²) < 4.78 is 42.6. The topological polar surface area (TPSA) is 47.0 Å². The fourth-order valence-corrected chi connectivity index (χ4v) is 2.12. The van der Waals surface area contributed by atoms with Gasteiger partial charge in [0.15, 0.2) is 5.69 Å². The van der Waals surface area contributed by atoms with Crippen molar-refractivity contribution in [1.29, 1.82) is 0 Å². The van der Waals surface area contributed by atoms with Crippen LogP contribution in [0.1, 0.15) is 32.4 Å². The predicted octanol–water partition coefficient (Wildman–Crippen LogP) is 2.86. The molecule has 1 atom stereocenters. The molecule has 0 radical (unpaired) electrons. The third-order valence-corrected chi connectivity index (χ3v) is 3.00. The van der Waals surface area contributed by atoms with Crippen LogP contribution in [0.25, 0.3) is 0 Å². The Labute approximate surface area is 109 Å². The van der Waals surface area contributed by atoms with Crippen LogP contribution in [0.5, 0.6) is 0 Å². The van der Waals surface area contributed by atoms with E-state index in [-0.39, 0.29) is 11.6 Å². The lowest BCUT2D eigenvalue weighted by atomic mass is 9.94. The minimum Gasteiger partial charge on any atom is -0.375 e. The average molecular weight is 275 g/mol. The zero-order chi connectivity index (χ0) is 14.1. The quantitative estimate of drug-likeness (QED) is 0.901. The van der Waals surface area contributed by atoms with Gasteiger partial charge >= 0.3 is 6.18 Å². The SMILES string of the molecule is CC1(C)CC(Nc2ccc(C(F)(F)F)nn2)CCO1. The Balaban J connectivity index is 2.00. The van der Waals surface area contributed by atoms with Crippen molar-refractivity contribution in [2.24, 2.45) is 0 Å². The number of aromatic nitrogens is 2. The second kappa shape index (κ2) is 4.96. The number of nitrogens with one attached hydrogen (secondary N) is 1. The molecule has 7 heteroatoms. The van der Waals surface area contributed by atoms with Crippen molar-refractivity contribution >= 4 is 5.82 Å². The van der Waals surface area contributed by atoms with Gasteiger partial charge in [0.25, 0.3) is 0 Å². The van der Waals surface area contributed by atoms with Gasteiger partial charge in [0.1, 0.15) is 5.82 Å². The van der Waals surface area contributed by atoms with E-state index in [0.717, 1.165) is 18.9 Å². The van der Waals surface area contributed by atoms with Gasteiger partial charge in [-0.1, -0.05) is 0 Å². The van der Waals surface area contributed by atoms with Crippen molar-refractivity contribution in [1.82, 2.24) is 10.2 Å². The fourth-order valence-electron chi connectivity index (χ4n) is 2.12. The Bertz CT molecular complexity index is 431. The number of rotatable bonds is 2. The number of halogens is 3. The van der Waals surface area contributed by atoms with Gasteiger partial charge in [0, 0.05) is 12.6 Å². The standard InChI is InChI=1S/C12H16F3N3O/c1-11(2)7-8(5-6-19-11)16-10-4-3-9(17-18-10)12(13,14)15/h3-4,8H,5-7H2,1-2H3,(H,16,18). The van der Waals surface area contributed by atoms with E-state index in [1.807, 2.05) is 13.8 Å². The largest absolute Gasteiger partial charge is 0.435 e. The number of ether oxygens (including phenoxy) is 1. The van der Waals surface area contributed by atoms with Crippen LogP contribution in [0.15, 0.2) is 12.1 Å². The van der Waals surface area contributed by atoms with Gasteiger partial charge in [0.05, 0.1) is 5.60 Å². The second-order valence-electron chi connectivity index (χ2n) is 5.24. The molecule has 2 rings (SSSR count). The molecule has 1 unspecified atom stereocenters. The Morgan fingerprint density at radius 3 is 2.58 bits per heavy atom.